The smallest absolute Gasteiger partial charge is 0.242 e. The average molecular weight is 360 g/mol. The minimum atomic E-state index is -3.63. The van der Waals surface area contributed by atoms with Crippen molar-refractivity contribution in [1.82, 2.24) is 4.72 Å². The Morgan fingerprint density at radius 1 is 1.30 bits per heavy atom. The topological polar surface area (TPSA) is 72.2 Å². The van der Waals surface area contributed by atoms with Gasteiger partial charge in [0.25, 0.3) is 0 Å². The SMILES string of the molecule is Cl.NCC1CCCC1NS(=O)(=O)c1ccc(Cl)cc1Cl. The third-order valence-corrected chi connectivity index (χ3v) is 5.66. The molecule has 0 aromatic heterocycles. The molecule has 4 nitrogen and oxygen atoms in total. The second-order valence-corrected chi connectivity index (χ2v) is 7.26. The second kappa shape index (κ2) is 7.29. The van der Waals surface area contributed by atoms with Crippen molar-refractivity contribution in [2.75, 3.05) is 6.54 Å². The predicted octanol–water partition coefficient (Wildman–Crippen LogP) is 2.82. The number of halogens is 3. The predicted molar refractivity (Wildman–Crippen MR) is 84.2 cm³/mol. The van der Waals surface area contributed by atoms with Crippen LogP contribution < -0.4 is 10.5 Å². The highest BCUT2D eigenvalue weighted by atomic mass is 35.5. The van der Waals surface area contributed by atoms with Gasteiger partial charge in [0.1, 0.15) is 4.90 Å². The summed E-state index contributed by atoms with van der Waals surface area (Å²) in [6, 6.07) is 4.24. The van der Waals surface area contributed by atoms with E-state index in [0.717, 1.165) is 19.3 Å². The van der Waals surface area contributed by atoms with Crippen molar-refractivity contribution in [3.63, 3.8) is 0 Å². The molecule has 0 spiro atoms. The van der Waals surface area contributed by atoms with E-state index >= 15 is 0 Å². The molecule has 3 N–H and O–H groups in total. The first-order valence-corrected chi connectivity index (χ1v) is 8.35. The molecule has 1 aliphatic carbocycles. The molecule has 2 rings (SSSR count). The number of rotatable bonds is 4. The van der Waals surface area contributed by atoms with Gasteiger partial charge in [0.15, 0.2) is 0 Å². The maximum absolute atomic E-state index is 12.3. The highest BCUT2D eigenvalue weighted by Gasteiger charge is 2.31. The van der Waals surface area contributed by atoms with Crippen LogP contribution in [0.4, 0.5) is 0 Å². The summed E-state index contributed by atoms with van der Waals surface area (Å²) in [5, 5.41) is 0.534. The minimum Gasteiger partial charge on any atom is -0.330 e. The van der Waals surface area contributed by atoms with E-state index in [1.807, 2.05) is 0 Å². The van der Waals surface area contributed by atoms with Crippen LogP contribution in [0.3, 0.4) is 0 Å². The molecule has 0 radical (unpaired) electrons. The number of benzene rings is 1. The Kier molecular flexibility index (Phi) is 6.57. The summed E-state index contributed by atoms with van der Waals surface area (Å²) in [4.78, 5) is 0.0567. The highest BCUT2D eigenvalue weighted by molar-refractivity contribution is 7.89. The number of hydrogen-bond donors (Lipinski definition) is 2. The van der Waals surface area contributed by atoms with Crippen molar-refractivity contribution in [2.24, 2.45) is 11.7 Å². The fraction of sp³-hybridized carbons (Fsp3) is 0.500. The van der Waals surface area contributed by atoms with Crippen LogP contribution in [-0.2, 0) is 10.0 Å². The average Bonchev–Trinajstić information content (AvgIpc) is 2.74. The van der Waals surface area contributed by atoms with E-state index < -0.39 is 10.0 Å². The van der Waals surface area contributed by atoms with E-state index in [1.54, 1.807) is 0 Å². The van der Waals surface area contributed by atoms with E-state index in [1.165, 1.54) is 18.2 Å². The summed E-state index contributed by atoms with van der Waals surface area (Å²) >= 11 is 11.7. The molecule has 1 aromatic carbocycles. The van der Waals surface area contributed by atoms with Gasteiger partial charge < -0.3 is 5.73 Å². The third kappa shape index (κ3) is 4.00. The fourth-order valence-corrected chi connectivity index (χ4v) is 4.54. The first-order valence-electron chi connectivity index (χ1n) is 6.11. The van der Waals surface area contributed by atoms with Crippen molar-refractivity contribution in [3.05, 3.63) is 28.2 Å². The molecule has 1 aromatic rings. The molecular formula is C12H17Cl3N2O2S. The second-order valence-electron chi connectivity index (χ2n) is 4.73. The zero-order valence-electron chi connectivity index (χ0n) is 10.7. The molecular weight excluding hydrogens is 343 g/mol. The van der Waals surface area contributed by atoms with Crippen molar-refractivity contribution in [1.29, 1.82) is 0 Å². The molecule has 20 heavy (non-hydrogen) atoms. The monoisotopic (exact) mass is 358 g/mol. The van der Waals surface area contributed by atoms with E-state index in [-0.39, 0.29) is 34.3 Å². The van der Waals surface area contributed by atoms with E-state index in [2.05, 4.69) is 4.72 Å². The van der Waals surface area contributed by atoms with Crippen LogP contribution in [-0.4, -0.2) is 21.0 Å². The van der Waals surface area contributed by atoms with Crippen LogP contribution in [0.2, 0.25) is 10.0 Å². The molecule has 114 valence electrons. The van der Waals surface area contributed by atoms with Gasteiger partial charge in [-0.25, -0.2) is 13.1 Å². The molecule has 0 saturated heterocycles. The van der Waals surface area contributed by atoms with E-state index in [4.69, 9.17) is 28.9 Å². The lowest BCUT2D eigenvalue weighted by molar-refractivity contribution is 0.453. The Bertz CT molecular complexity index is 566. The van der Waals surface area contributed by atoms with Gasteiger partial charge in [-0.15, -0.1) is 12.4 Å². The van der Waals surface area contributed by atoms with Gasteiger partial charge in [0.2, 0.25) is 10.0 Å². The first-order chi connectivity index (χ1) is 8.94. The molecule has 0 aliphatic heterocycles. The molecule has 0 bridgehead atoms. The zero-order valence-corrected chi connectivity index (χ0v) is 13.8. The maximum atomic E-state index is 12.3. The van der Waals surface area contributed by atoms with Crippen LogP contribution in [0.1, 0.15) is 19.3 Å². The van der Waals surface area contributed by atoms with Gasteiger partial charge in [0, 0.05) is 11.1 Å². The first kappa shape index (κ1) is 18.0. The van der Waals surface area contributed by atoms with Gasteiger partial charge in [-0.3, -0.25) is 0 Å². The van der Waals surface area contributed by atoms with Crippen molar-refractivity contribution >= 4 is 45.6 Å². The summed E-state index contributed by atoms with van der Waals surface area (Å²) in [6.07, 6.45) is 2.76. The molecule has 8 heteroatoms. The molecule has 0 amide bonds. The van der Waals surface area contributed by atoms with E-state index in [0.29, 0.717) is 11.6 Å². The Morgan fingerprint density at radius 2 is 2.00 bits per heavy atom. The van der Waals surface area contributed by atoms with Crippen LogP contribution in [0.25, 0.3) is 0 Å². The summed E-state index contributed by atoms with van der Waals surface area (Å²) in [5.74, 6) is 0.195. The standard InChI is InChI=1S/C12H16Cl2N2O2S.ClH/c13-9-4-5-12(10(14)6-9)19(17,18)16-11-3-1-2-8(11)7-15;/h4-6,8,11,16H,1-3,7,15H2;1H. The molecule has 1 aliphatic rings. The molecule has 2 unspecified atom stereocenters. The summed E-state index contributed by atoms with van der Waals surface area (Å²) in [6.45, 7) is 0.488. The van der Waals surface area contributed by atoms with Crippen LogP contribution in [0.5, 0.6) is 0 Å². The highest BCUT2D eigenvalue weighted by Crippen LogP contribution is 2.29. The number of nitrogens with two attached hydrogens (primary N) is 1. The lowest BCUT2D eigenvalue weighted by atomic mass is 10.1. The molecule has 2 atom stereocenters. The Labute approximate surface area is 135 Å². The van der Waals surface area contributed by atoms with Crippen LogP contribution in [0, 0.1) is 5.92 Å². The Morgan fingerprint density at radius 3 is 2.60 bits per heavy atom. The lowest BCUT2D eigenvalue weighted by Gasteiger charge is -2.19. The number of hydrogen-bond acceptors (Lipinski definition) is 3. The largest absolute Gasteiger partial charge is 0.330 e. The van der Waals surface area contributed by atoms with E-state index in [9.17, 15) is 8.42 Å². The molecule has 1 fully saturated rings. The Hall–Kier alpha value is -0.0400. The summed E-state index contributed by atoms with van der Waals surface area (Å²) in [5.41, 5.74) is 5.65. The van der Waals surface area contributed by atoms with Gasteiger partial charge in [-0.05, 0) is 43.5 Å². The van der Waals surface area contributed by atoms with Crippen molar-refractivity contribution < 1.29 is 8.42 Å². The third-order valence-electron chi connectivity index (χ3n) is 3.45. The van der Waals surface area contributed by atoms with Gasteiger partial charge >= 0.3 is 0 Å². The van der Waals surface area contributed by atoms with Crippen LogP contribution >= 0.6 is 35.6 Å². The summed E-state index contributed by atoms with van der Waals surface area (Å²) < 4.78 is 27.3. The molecule has 0 heterocycles. The van der Waals surface area contributed by atoms with Crippen molar-refractivity contribution in [2.45, 2.75) is 30.2 Å². The zero-order chi connectivity index (χ0) is 14.0. The lowest BCUT2D eigenvalue weighted by Crippen LogP contribution is -2.39. The summed E-state index contributed by atoms with van der Waals surface area (Å²) in [7, 11) is -3.63. The maximum Gasteiger partial charge on any atom is 0.242 e. The Balaban J connectivity index is 0.00000200. The fourth-order valence-electron chi connectivity index (χ4n) is 2.43. The van der Waals surface area contributed by atoms with Gasteiger partial charge in [0.05, 0.1) is 5.02 Å². The van der Waals surface area contributed by atoms with Gasteiger partial charge in [-0.2, -0.15) is 0 Å². The van der Waals surface area contributed by atoms with Crippen molar-refractivity contribution in [3.8, 4) is 0 Å². The normalized spacial score (nSPS) is 22.6. The number of nitrogens with one attached hydrogen (secondary N) is 1. The van der Waals surface area contributed by atoms with Crippen LogP contribution in [0.15, 0.2) is 23.1 Å². The minimum absolute atomic E-state index is 0. The number of sulfonamides is 1. The molecule has 1 saturated carbocycles. The quantitative estimate of drug-likeness (QED) is 0.868. The van der Waals surface area contributed by atoms with Gasteiger partial charge in [-0.1, -0.05) is 29.6 Å².